The number of carbonyl (C=O) groups excluding carboxylic acids is 1. The van der Waals surface area contributed by atoms with Gasteiger partial charge in [0, 0.05) is 7.05 Å². The van der Waals surface area contributed by atoms with Crippen LogP contribution in [0.2, 0.25) is 0 Å². The standard InChI is InChI=1S/C12H22N2O3/c1-9(10(15)13-2)14-12(11(16)17)7-5-3-4-6-8-12/h9,14H,3-8H2,1-2H3,(H,13,15)(H,16,17). The van der Waals surface area contributed by atoms with Crippen molar-refractivity contribution in [2.24, 2.45) is 0 Å². The maximum atomic E-state index is 11.5. The van der Waals surface area contributed by atoms with Gasteiger partial charge in [-0.3, -0.25) is 14.9 Å². The van der Waals surface area contributed by atoms with E-state index in [0.717, 1.165) is 25.7 Å². The van der Waals surface area contributed by atoms with Gasteiger partial charge in [-0.25, -0.2) is 0 Å². The molecule has 3 N–H and O–H groups in total. The Morgan fingerprint density at radius 3 is 2.12 bits per heavy atom. The van der Waals surface area contributed by atoms with Gasteiger partial charge in [0.15, 0.2) is 0 Å². The van der Waals surface area contributed by atoms with E-state index in [9.17, 15) is 14.7 Å². The molecule has 17 heavy (non-hydrogen) atoms. The summed E-state index contributed by atoms with van der Waals surface area (Å²) in [5, 5.41) is 15.0. The molecule has 0 radical (unpaired) electrons. The third-order valence-electron chi connectivity index (χ3n) is 3.50. The second-order valence-electron chi connectivity index (χ2n) is 4.78. The first kappa shape index (κ1) is 14.0. The number of likely N-dealkylation sites (N-methyl/N-ethyl adjacent to an activating group) is 1. The summed E-state index contributed by atoms with van der Waals surface area (Å²) in [6.45, 7) is 1.70. The molecule has 5 heteroatoms. The summed E-state index contributed by atoms with van der Waals surface area (Å²) in [6, 6.07) is -0.478. The van der Waals surface area contributed by atoms with Crippen molar-refractivity contribution < 1.29 is 14.7 Å². The second kappa shape index (κ2) is 6.00. The normalized spacial score (nSPS) is 21.3. The molecule has 1 saturated carbocycles. The van der Waals surface area contributed by atoms with Gasteiger partial charge in [-0.2, -0.15) is 0 Å². The number of carbonyl (C=O) groups is 2. The first-order chi connectivity index (χ1) is 8.02. The first-order valence-electron chi connectivity index (χ1n) is 6.24. The van der Waals surface area contributed by atoms with Gasteiger partial charge in [0.05, 0.1) is 6.04 Å². The largest absolute Gasteiger partial charge is 0.480 e. The lowest BCUT2D eigenvalue weighted by Gasteiger charge is -2.32. The average Bonchev–Trinajstić information content (AvgIpc) is 2.54. The Balaban J connectivity index is 2.76. The van der Waals surface area contributed by atoms with Gasteiger partial charge >= 0.3 is 5.97 Å². The smallest absolute Gasteiger partial charge is 0.323 e. The molecule has 5 nitrogen and oxygen atoms in total. The molecule has 0 bridgehead atoms. The van der Waals surface area contributed by atoms with Crippen molar-refractivity contribution in [3.63, 3.8) is 0 Å². The lowest BCUT2D eigenvalue weighted by Crippen LogP contribution is -2.58. The molecule has 0 aliphatic heterocycles. The van der Waals surface area contributed by atoms with Gasteiger partial charge < -0.3 is 10.4 Å². The third-order valence-corrected chi connectivity index (χ3v) is 3.50. The van der Waals surface area contributed by atoms with E-state index in [1.54, 1.807) is 14.0 Å². The molecule has 0 aromatic heterocycles. The molecule has 1 atom stereocenters. The highest BCUT2D eigenvalue weighted by molar-refractivity contribution is 5.84. The van der Waals surface area contributed by atoms with Gasteiger partial charge in [-0.05, 0) is 19.8 Å². The molecule has 1 aliphatic rings. The summed E-state index contributed by atoms with van der Waals surface area (Å²) in [5.41, 5.74) is -0.928. The van der Waals surface area contributed by atoms with E-state index in [1.807, 2.05) is 0 Å². The van der Waals surface area contributed by atoms with E-state index >= 15 is 0 Å². The molecular weight excluding hydrogens is 220 g/mol. The van der Waals surface area contributed by atoms with Gasteiger partial charge in [0.1, 0.15) is 5.54 Å². The van der Waals surface area contributed by atoms with Gasteiger partial charge in [-0.15, -0.1) is 0 Å². The molecule has 0 spiro atoms. The SMILES string of the molecule is CNC(=O)C(C)NC1(C(=O)O)CCCCCC1. The lowest BCUT2D eigenvalue weighted by molar-refractivity contribution is -0.146. The minimum atomic E-state index is -0.928. The zero-order valence-electron chi connectivity index (χ0n) is 10.6. The molecule has 0 saturated heterocycles. The van der Waals surface area contributed by atoms with Crippen LogP contribution < -0.4 is 10.6 Å². The molecule has 1 amide bonds. The van der Waals surface area contributed by atoms with Crippen LogP contribution in [0.4, 0.5) is 0 Å². The summed E-state index contributed by atoms with van der Waals surface area (Å²) in [5.74, 6) is -1.01. The van der Waals surface area contributed by atoms with E-state index in [2.05, 4.69) is 10.6 Å². The van der Waals surface area contributed by atoms with E-state index in [1.165, 1.54) is 0 Å². The van der Waals surface area contributed by atoms with Gasteiger partial charge in [0.25, 0.3) is 0 Å². The zero-order valence-corrected chi connectivity index (χ0v) is 10.6. The maximum absolute atomic E-state index is 11.5. The monoisotopic (exact) mass is 242 g/mol. The van der Waals surface area contributed by atoms with Crippen LogP contribution >= 0.6 is 0 Å². The predicted octanol–water partition coefficient (Wildman–Crippen LogP) is 0.888. The highest BCUT2D eigenvalue weighted by Gasteiger charge is 2.40. The van der Waals surface area contributed by atoms with E-state index < -0.39 is 17.6 Å². The second-order valence-corrected chi connectivity index (χ2v) is 4.78. The molecule has 1 aliphatic carbocycles. The number of carboxylic acid groups (broad SMARTS) is 1. The Hall–Kier alpha value is -1.10. The van der Waals surface area contributed by atoms with E-state index in [4.69, 9.17) is 0 Å². The molecule has 1 unspecified atom stereocenters. The van der Waals surface area contributed by atoms with Crippen LogP contribution in [0, 0.1) is 0 Å². The third kappa shape index (κ3) is 3.43. The fourth-order valence-corrected chi connectivity index (χ4v) is 2.45. The minimum absolute atomic E-state index is 0.171. The van der Waals surface area contributed by atoms with Crippen molar-refractivity contribution >= 4 is 11.9 Å². The fraction of sp³-hybridized carbons (Fsp3) is 0.833. The highest BCUT2D eigenvalue weighted by atomic mass is 16.4. The average molecular weight is 242 g/mol. The van der Waals surface area contributed by atoms with Crippen LogP contribution in [0.3, 0.4) is 0 Å². The highest BCUT2D eigenvalue weighted by Crippen LogP contribution is 2.28. The van der Waals surface area contributed by atoms with Crippen molar-refractivity contribution in [1.29, 1.82) is 0 Å². The zero-order chi connectivity index (χ0) is 12.9. The molecule has 0 heterocycles. The number of hydrogen-bond donors (Lipinski definition) is 3. The Morgan fingerprint density at radius 2 is 1.71 bits per heavy atom. The summed E-state index contributed by atoms with van der Waals surface area (Å²) in [7, 11) is 1.56. The van der Waals surface area contributed by atoms with Crippen LogP contribution in [0.5, 0.6) is 0 Å². The van der Waals surface area contributed by atoms with E-state index in [-0.39, 0.29) is 5.91 Å². The number of aliphatic carboxylic acids is 1. The topological polar surface area (TPSA) is 78.4 Å². The van der Waals surface area contributed by atoms with Crippen LogP contribution in [-0.4, -0.2) is 35.6 Å². The van der Waals surface area contributed by atoms with Gasteiger partial charge in [0.2, 0.25) is 5.91 Å². The van der Waals surface area contributed by atoms with Gasteiger partial charge in [-0.1, -0.05) is 25.7 Å². The predicted molar refractivity (Wildman–Crippen MR) is 64.7 cm³/mol. The van der Waals surface area contributed by atoms with Crippen LogP contribution in [0.15, 0.2) is 0 Å². The number of hydrogen-bond acceptors (Lipinski definition) is 3. The number of nitrogens with one attached hydrogen (secondary N) is 2. The summed E-state index contributed by atoms with van der Waals surface area (Å²) >= 11 is 0. The van der Waals surface area contributed by atoms with Crippen molar-refractivity contribution in [3.05, 3.63) is 0 Å². The number of carboxylic acids is 1. The van der Waals surface area contributed by atoms with E-state index in [0.29, 0.717) is 12.8 Å². The van der Waals surface area contributed by atoms with Crippen molar-refractivity contribution in [3.8, 4) is 0 Å². The molecule has 0 aromatic rings. The first-order valence-corrected chi connectivity index (χ1v) is 6.24. The number of rotatable bonds is 4. The summed E-state index contributed by atoms with van der Waals surface area (Å²) in [4.78, 5) is 23.0. The lowest BCUT2D eigenvalue weighted by atomic mass is 9.89. The Morgan fingerprint density at radius 1 is 1.18 bits per heavy atom. The molecule has 1 fully saturated rings. The Labute approximate surface area is 102 Å². The minimum Gasteiger partial charge on any atom is -0.480 e. The number of amides is 1. The quantitative estimate of drug-likeness (QED) is 0.640. The molecular formula is C12H22N2O3. The van der Waals surface area contributed by atoms with Crippen molar-refractivity contribution in [2.45, 2.75) is 57.0 Å². The van der Waals surface area contributed by atoms with Crippen LogP contribution in [0.25, 0.3) is 0 Å². The summed E-state index contributed by atoms with van der Waals surface area (Å²) < 4.78 is 0. The van der Waals surface area contributed by atoms with Crippen molar-refractivity contribution in [2.75, 3.05) is 7.05 Å². The molecule has 0 aromatic carbocycles. The summed E-state index contributed by atoms with van der Waals surface area (Å²) in [6.07, 6.45) is 5.16. The van der Waals surface area contributed by atoms with Crippen molar-refractivity contribution in [1.82, 2.24) is 10.6 Å². The maximum Gasteiger partial charge on any atom is 0.323 e. The Kier molecular flexibility index (Phi) is 4.93. The Bertz CT molecular complexity index is 283. The van der Waals surface area contributed by atoms with Crippen LogP contribution in [-0.2, 0) is 9.59 Å². The van der Waals surface area contributed by atoms with Crippen LogP contribution in [0.1, 0.15) is 45.4 Å². The molecule has 98 valence electrons. The molecule has 1 rings (SSSR count). The fourth-order valence-electron chi connectivity index (χ4n) is 2.45.